The van der Waals surface area contributed by atoms with E-state index >= 15 is 0 Å². The van der Waals surface area contributed by atoms with Gasteiger partial charge in [0.05, 0.1) is 10.6 Å². The Kier molecular flexibility index (Phi) is 6.77. The van der Waals surface area contributed by atoms with Crippen molar-refractivity contribution in [2.75, 3.05) is 12.3 Å². The number of nitro benzene ring substituents is 1. The number of nitrogen functional groups attached to an aromatic ring is 1. The molecule has 3 rings (SSSR count). The van der Waals surface area contributed by atoms with Gasteiger partial charge in [-0.05, 0) is 17.7 Å². The Morgan fingerprint density at radius 2 is 1.73 bits per heavy atom. The van der Waals surface area contributed by atoms with Crippen LogP contribution in [-0.4, -0.2) is 23.1 Å². The number of hydrogen-bond donors (Lipinski definition) is 1. The van der Waals surface area contributed by atoms with Gasteiger partial charge in [0.25, 0.3) is 5.69 Å². The summed E-state index contributed by atoms with van der Waals surface area (Å²) in [6, 6.07) is 20.1. The SMILES string of the molecule is Nc1ccc([N+](=O)[O-])cc1C(=NCC(=O)OCc1ccccc1)c1ccccc1Cl. The van der Waals surface area contributed by atoms with Crippen LogP contribution < -0.4 is 5.73 Å². The van der Waals surface area contributed by atoms with E-state index in [2.05, 4.69) is 4.99 Å². The minimum Gasteiger partial charge on any atom is -0.459 e. The lowest BCUT2D eigenvalue weighted by Crippen LogP contribution is -2.14. The van der Waals surface area contributed by atoms with Crippen LogP contribution in [0.1, 0.15) is 16.7 Å². The quantitative estimate of drug-likeness (QED) is 0.199. The van der Waals surface area contributed by atoms with Crippen LogP contribution in [0.5, 0.6) is 0 Å². The normalized spacial score (nSPS) is 11.2. The molecule has 8 heteroatoms. The van der Waals surface area contributed by atoms with Crippen molar-refractivity contribution in [1.29, 1.82) is 0 Å². The molecule has 7 nitrogen and oxygen atoms in total. The Morgan fingerprint density at radius 3 is 2.43 bits per heavy atom. The summed E-state index contributed by atoms with van der Waals surface area (Å²) in [6.07, 6.45) is 0. The number of nitrogens with zero attached hydrogens (tertiary/aromatic N) is 2. The van der Waals surface area contributed by atoms with Crippen LogP contribution in [0, 0.1) is 10.1 Å². The summed E-state index contributed by atoms with van der Waals surface area (Å²) in [4.78, 5) is 27.3. The lowest BCUT2D eigenvalue weighted by Gasteiger charge is -2.12. The van der Waals surface area contributed by atoms with E-state index in [1.807, 2.05) is 30.3 Å². The fourth-order valence-corrected chi connectivity index (χ4v) is 2.98. The topological polar surface area (TPSA) is 108 Å². The predicted octanol–water partition coefficient (Wildman–Crippen LogP) is 4.41. The molecule has 3 aromatic carbocycles. The van der Waals surface area contributed by atoms with Gasteiger partial charge in [-0.2, -0.15) is 0 Å². The van der Waals surface area contributed by atoms with Crippen LogP contribution in [0.3, 0.4) is 0 Å². The molecular formula is C22H18ClN3O4. The second-order valence-corrected chi connectivity index (χ2v) is 6.73. The van der Waals surface area contributed by atoms with Gasteiger partial charge in [0.1, 0.15) is 13.2 Å². The van der Waals surface area contributed by atoms with E-state index in [0.29, 0.717) is 16.1 Å². The molecule has 0 amide bonds. The summed E-state index contributed by atoms with van der Waals surface area (Å²) in [5.74, 6) is -0.549. The molecule has 0 bridgehead atoms. The Hall–Kier alpha value is -3.71. The second kappa shape index (κ2) is 9.67. The highest BCUT2D eigenvalue weighted by Gasteiger charge is 2.18. The zero-order valence-corrected chi connectivity index (χ0v) is 16.6. The smallest absolute Gasteiger partial charge is 0.328 e. The molecule has 0 fully saturated rings. The van der Waals surface area contributed by atoms with Crippen LogP contribution in [0.15, 0.2) is 77.8 Å². The van der Waals surface area contributed by atoms with Gasteiger partial charge in [0.15, 0.2) is 0 Å². The zero-order valence-electron chi connectivity index (χ0n) is 15.8. The van der Waals surface area contributed by atoms with Crippen LogP contribution in [-0.2, 0) is 16.1 Å². The first-order valence-electron chi connectivity index (χ1n) is 8.99. The fourth-order valence-electron chi connectivity index (χ4n) is 2.76. The van der Waals surface area contributed by atoms with Gasteiger partial charge in [-0.3, -0.25) is 19.9 Å². The van der Waals surface area contributed by atoms with Gasteiger partial charge >= 0.3 is 5.97 Å². The molecule has 0 spiro atoms. The number of rotatable bonds is 7. The molecule has 0 radical (unpaired) electrons. The number of anilines is 1. The summed E-state index contributed by atoms with van der Waals surface area (Å²) in [7, 11) is 0. The van der Waals surface area contributed by atoms with Crippen LogP contribution in [0.4, 0.5) is 11.4 Å². The maximum Gasteiger partial charge on any atom is 0.328 e. The van der Waals surface area contributed by atoms with E-state index in [9.17, 15) is 14.9 Å². The molecule has 0 saturated carbocycles. The van der Waals surface area contributed by atoms with Gasteiger partial charge < -0.3 is 10.5 Å². The second-order valence-electron chi connectivity index (χ2n) is 6.32. The molecule has 0 aromatic heterocycles. The Labute approximate surface area is 177 Å². The molecule has 0 atom stereocenters. The van der Waals surface area contributed by atoms with Crippen molar-refractivity contribution >= 4 is 34.7 Å². The van der Waals surface area contributed by atoms with E-state index < -0.39 is 10.9 Å². The number of hydrogen-bond acceptors (Lipinski definition) is 6. The first-order valence-corrected chi connectivity index (χ1v) is 9.36. The number of ether oxygens (including phenoxy) is 1. The molecule has 152 valence electrons. The molecule has 0 aliphatic heterocycles. The average molecular weight is 424 g/mol. The Bertz CT molecular complexity index is 1100. The highest BCUT2D eigenvalue weighted by atomic mass is 35.5. The first kappa shape index (κ1) is 21.0. The van der Waals surface area contributed by atoms with Crippen molar-refractivity contribution in [3.8, 4) is 0 Å². The average Bonchev–Trinajstić information content (AvgIpc) is 2.75. The maximum absolute atomic E-state index is 12.2. The van der Waals surface area contributed by atoms with Gasteiger partial charge in [0.2, 0.25) is 0 Å². The molecule has 0 unspecified atom stereocenters. The molecule has 0 aliphatic rings. The largest absolute Gasteiger partial charge is 0.459 e. The molecule has 2 N–H and O–H groups in total. The first-order chi connectivity index (χ1) is 14.5. The Balaban J connectivity index is 1.91. The maximum atomic E-state index is 12.2. The van der Waals surface area contributed by atoms with Crippen molar-refractivity contribution < 1.29 is 14.5 Å². The number of aliphatic imine (C=N–C) groups is 1. The zero-order chi connectivity index (χ0) is 21.5. The van der Waals surface area contributed by atoms with Crippen LogP contribution in [0.25, 0.3) is 0 Å². The van der Waals surface area contributed by atoms with Crippen molar-refractivity contribution in [1.82, 2.24) is 0 Å². The molecule has 3 aromatic rings. The number of carbonyl (C=O) groups excluding carboxylic acids is 1. The lowest BCUT2D eigenvalue weighted by molar-refractivity contribution is -0.384. The highest BCUT2D eigenvalue weighted by Crippen LogP contribution is 2.26. The number of nitrogens with two attached hydrogens (primary N) is 1. The minimum absolute atomic E-state index is 0.121. The number of esters is 1. The third-order valence-electron chi connectivity index (χ3n) is 4.24. The number of carbonyl (C=O) groups is 1. The number of halogens is 1. The van der Waals surface area contributed by atoms with E-state index in [1.165, 1.54) is 18.2 Å². The van der Waals surface area contributed by atoms with E-state index in [0.717, 1.165) is 5.56 Å². The van der Waals surface area contributed by atoms with Crippen molar-refractivity contribution in [3.63, 3.8) is 0 Å². The van der Waals surface area contributed by atoms with E-state index in [-0.39, 0.29) is 30.2 Å². The third kappa shape index (κ3) is 5.21. The summed E-state index contributed by atoms with van der Waals surface area (Å²) in [5, 5.41) is 11.6. The lowest BCUT2D eigenvalue weighted by atomic mass is 10.00. The Morgan fingerprint density at radius 1 is 1.03 bits per heavy atom. The number of non-ortho nitro benzene ring substituents is 1. The highest BCUT2D eigenvalue weighted by molar-refractivity contribution is 6.35. The van der Waals surface area contributed by atoms with Crippen LogP contribution in [0.2, 0.25) is 5.02 Å². The summed E-state index contributed by atoms with van der Waals surface area (Å²) < 4.78 is 5.25. The predicted molar refractivity (Wildman–Crippen MR) is 116 cm³/mol. The molecular weight excluding hydrogens is 406 g/mol. The van der Waals surface area contributed by atoms with Crippen molar-refractivity contribution in [2.24, 2.45) is 4.99 Å². The number of nitro groups is 1. The van der Waals surface area contributed by atoms with Gasteiger partial charge in [0, 0.05) is 34.0 Å². The molecule has 0 saturated heterocycles. The van der Waals surface area contributed by atoms with Crippen LogP contribution >= 0.6 is 11.6 Å². The minimum atomic E-state index is -0.549. The summed E-state index contributed by atoms with van der Waals surface area (Å²) in [5.41, 5.74) is 8.13. The van der Waals surface area contributed by atoms with Gasteiger partial charge in [-0.1, -0.05) is 60.1 Å². The third-order valence-corrected chi connectivity index (χ3v) is 4.57. The standard InChI is InChI=1S/C22H18ClN3O4/c23-19-9-5-4-8-17(19)22(18-12-16(26(28)29)10-11-20(18)24)25-13-21(27)30-14-15-6-2-1-3-7-15/h1-12H,13-14,24H2. The van der Waals surface area contributed by atoms with Crippen molar-refractivity contribution in [2.45, 2.75) is 6.61 Å². The number of benzene rings is 3. The molecule has 0 aliphatic carbocycles. The molecule has 30 heavy (non-hydrogen) atoms. The van der Waals surface area contributed by atoms with Gasteiger partial charge in [-0.25, -0.2) is 0 Å². The monoisotopic (exact) mass is 423 g/mol. The van der Waals surface area contributed by atoms with E-state index in [4.69, 9.17) is 22.1 Å². The fraction of sp³-hybridized carbons (Fsp3) is 0.0909. The van der Waals surface area contributed by atoms with Gasteiger partial charge in [-0.15, -0.1) is 0 Å². The summed E-state index contributed by atoms with van der Waals surface area (Å²) >= 11 is 6.31. The van der Waals surface area contributed by atoms with Crippen molar-refractivity contribution in [3.05, 3.63) is 105 Å². The summed E-state index contributed by atoms with van der Waals surface area (Å²) in [6.45, 7) is -0.176. The molecule has 0 heterocycles. The van der Waals surface area contributed by atoms with E-state index in [1.54, 1.807) is 24.3 Å².